The molecule has 0 bridgehead atoms. The summed E-state index contributed by atoms with van der Waals surface area (Å²) in [5, 5.41) is 8.24. The highest BCUT2D eigenvalue weighted by molar-refractivity contribution is 5.83. The molecule has 3 aromatic rings. The third-order valence-electron chi connectivity index (χ3n) is 5.29. The molecule has 0 saturated carbocycles. The van der Waals surface area contributed by atoms with Crippen molar-refractivity contribution in [3.63, 3.8) is 0 Å². The third kappa shape index (κ3) is 3.05. The highest BCUT2D eigenvalue weighted by Crippen LogP contribution is 2.33. The number of hydrogen-bond acceptors (Lipinski definition) is 7. The van der Waals surface area contributed by atoms with Crippen LogP contribution in [0.3, 0.4) is 0 Å². The van der Waals surface area contributed by atoms with Crippen molar-refractivity contribution in [1.29, 1.82) is 0 Å². The molecule has 8 heteroatoms. The van der Waals surface area contributed by atoms with Gasteiger partial charge in [-0.3, -0.25) is 9.78 Å². The van der Waals surface area contributed by atoms with Crippen molar-refractivity contribution < 1.29 is 13.9 Å². The van der Waals surface area contributed by atoms with E-state index in [9.17, 15) is 4.79 Å². The van der Waals surface area contributed by atoms with Gasteiger partial charge in [-0.1, -0.05) is 24.3 Å². The summed E-state index contributed by atoms with van der Waals surface area (Å²) in [5.74, 6) is 0.891. The molecule has 4 heterocycles. The molecule has 8 nitrogen and oxygen atoms in total. The molecular weight excluding hydrogens is 358 g/mol. The van der Waals surface area contributed by atoms with E-state index in [2.05, 4.69) is 26.2 Å². The molecule has 0 unspecified atom stereocenters. The average Bonchev–Trinajstić information content (AvgIpc) is 3.43. The molecule has 0 radical (unpaired) electrons. The molecule has 0 aliphatic carbocycles. The second-order valence-corrected chi connectivity index (χ2v) is 7.01. The van der Waals surface area contributed by atoms with Crippen LogP contribution in [0.15, 0.2) is 47.3 Å². The number of nitrogens with zero attached hydrogens (tertiary/aromatic N) is 5. The lowest BCUT2D eigenvalue weighted by Gasteiger charge is -2.28. The topological polar surface area (TPSA) is 94.2 Å². The first-order chi connectivity index (χ1) is 13.8. The monoisotopic (exact) mass is 377 g/mol. The van der Waals surface area contributed by atoms with Crippen molar-refractivity contribution in [3.8, 4) is 11.6 Å². The molecule has 5 rings (SSSR count). The summed E-state index contributed by atoms with van der Waals surface area (Å²) < 4.78 is 11.6. The van der Waals surface area contributed by atoms with Crippen molar-refractivity contribution in [1.82, 2.24) is 25.1 Å². The fraction of sp³-hybridized carbons (Fsp3) is 0.350. The number of carbonyl (C=O) groups is 1. The van der Waals surface area contributed by atoms with E-state index >= 15 is 0 Å². The average molecular weight is 377 g/mol. The van der Waals surface area contributed by atoms with Gasteiger partial charge < -0.3 is 14.1 Å². The van der Waals surface area contributed by atoms with Gasteiger partial charge in [0.05, 0.1) is 18.7 Å². The Morgan fingerprint density at radius 2 is 2.11 bits per heavy atom. The smallest absolute Gasteiger partial charge is 0.267 e. The number of amides is 1. The number of ether oxygens (including phenoxy) is 1. The van der Waals surface area contributed by atoms with Crippen molar-refractivity contribution in [2.24, 2.45) is 0 Å². The molecule has 142 valence electrons. The highest BCUT2D eigenvalue weighted by Gasteiger charge is 2.36. The molecule has 1 aromatic carbocycles. The summed E-state index contributed by atoms with van der Waals surface area (Å²) in [7, 11) is 0. The van der Waals surface area contributed by atoms with Crippen LogP contribution in [-0.2, 0) is 16.0 Å². The molecule has 1 amide bonds. The first-order valence-electron chi connectivity index (χ1n) is 9.37. The number of benzene rings is 1. The Morgan fingerprint density at radius 3 is 3.00 bits per heavy atom. The van der Waals surface area contributed by atoms with E-state index in [1.807, 2.05) is 23.1 Å². The predicted octanol–water partition coefficient (Wildman–Crippen LogP) is 2.16. The number of hydrogen-bond donors (Lipinski definition) is 0. The van der Waals surface area contributed by atoms with Gasteiger partial charge in [0.15, 0.2) is 6.10 Å². The summed E-state index contributed by atoms with van der Waals surface area (Å²) in [6.45, 7) is 1.76. The quantitative estimate of drug-likeness (QED) is 0.690. The second kappa shape index (κ2) is 7.12. The molecule has 2 aliphatic heterocycles. The Balaban J connectivity index is 1.30. The first kappa shape index (κ1) is 17.0. The van der Waals surface area contributed by atoms with E-state index in [1.165, 1.54) is 5.56 Å². The molecule has 1 fully saturated rings. The van der Waals surface area contributed by atoms with Crippen LogP contribution in [0.1, 0.15) is 35.5 Å². The van der Waals surface area contributed by atoms with Crippen molar-refractivity contribution in [3.05, 3.63) is 59.9 Å². The van der Waals surface area contributed by atoms with Crippen LogP contribution in [0.4, 0.5) is 0 Å². The predicted molar refractivity (Wildman–Crippen MR) is 98.1 cm³/mol. The Labute approximate surface area is 161 Å². The number of aromatic nitrogens is 4. The first-order valence-corrected chi connectivity index (χ1v) is 9.37. The van der Waals surface area contributed by atoms with Crippen LogP contribution in [0, 0.1) is 0 Å². The van der Waals surface area contributed by atoms with E-state index < -0.39 is 6.10 Å². The van der Waals surface area contributed by atoms with Crippen LogP contribution < -0.4 is 0 Å². The molecule has 2 aromatic heterocycles. The lowest BCUT2D eigenvalue weighted by atomic mass is 9.97. The van der Waals surface area contributed by atoms with Gasteiger partial charge in [-0.25, -0.2) is 4.98 Å². The van der Waals surface area contributed by atoms with Gasteiger partial charge in [-0.05, 0) is 24.0 Å². The Bertz CT molecular complexity index is 990. The van der Waals surface area contributed by atoms with Gasteiger partial charge in [0, 0.05) is 25.5 Å². The van der Waals surface area contributed by atoms with Gasteiger partial charge in [0.2, 0.25) is 5.89 Å². The van der Waals surface area contributed by atoms with Crippen LogP contribution in [0.2, 0.25) is 0 Å². The summed E-state index contributed by atoms with van der Waals surface area (Å²) in [6, 6.07) is 8.00. The van der Waals surface area contributed by atoms with Crippen LogP contribution >= 0.6 is 0 Å². The second-order valence-electron chi connectivity index (χ2n) is 7.01. The summed E-state index contributed by atoms with van der Waals surface area (Å²) in [6.07, 6.45) is 5.85. The normalized spacial score (nSPS) is 21.5. The maximum Gasteiger partial charge on any atom is 0.267 e. The van der Waals surface area contributed by atoms with E-state index in [-0.39, 0.29) is 11.8 Å². The van der Waals surface area contributed by atoms with Gasteiger partial charge in [-0.15, -0.1) is 10.2 Å². The zero-order valence-corrected chi connectivity index (χ0v) is 15.2. The van der Waals surface area contributed by atoms with Crippen molar-refractivity contribution in [2.75, 3.05) is 19.7 Å². The van der Waals surface area contributed by atoms with E-state index in [4.69, 9.17) is 9.15 Å². The molecular formula is C20H19N5O3. The van der Waals surface area contributed by atoms with Gasteiger partial charge in [-0.2, -0.15) is 0 Å². The molecule has 2 aliphatic rings. The minimum Gasteiger partial charge on any atom is -0.419 e. The minimum atomic E-state index is -0.526. The van der Waals surface area contributed by atoms with E-state index in [0.29, 0.717) is 37.2 Å². The summed E-state index contributed by atoms with van der Waals surface area (Å²) in [5.41, 5.74) is 2.71. The lowest BCUT2D eigenvalue weighted by molar-refractivity contribution is -0.144. The number of fused-ring (bicyclic) bond motifs is 1. The fourth-order valence-electron chi connectivity index (χ4n) is 3.84. The van der Waals surface area contributed by atoms with Crippen molar-refractivity contribution >= 4 is 5.91 Å². The number of rotatable bonds is 3. The van der Waals surface area contributed by atoms with Crippen LogP contribution in [0.5, 0.6) is 0 Å². The molecule has 0 N–H and O–H groups in total. The maximum atomic E-state index is 13.1. The van der Waals surface area contributed by atoms with Crippen LogP contribution in [0.25, 0.3) is 11.6 Å². The Kier molecular flexibility index (Phi) is 4.32. The van der Waals surface area contributed by atoms with Crippen LogP contribution in [-0.4, -0.2) is 50.7 Å². The fourth-order valence-corrected chi connectivity index (χ4v) is 3.84. The molecule has 28 heavy (non-hydrogen) atoms. The van der Waals surface area contributed by atoms with Gasteiger partial charge in [0.25, 0.3) is 11.8 Å². The van der Waals surface area contributed by atoms with Gasteiger partial charge in [0.1, 0.15) is 5.69 Å². The lowest BCUT2D eigenvalue weighted by Crippen LogP contribution is -2.36. The standard InChI is InChI=1S/C20H19N5O3/c26-20(17-15-4-2-1-3-13(15)6-10-27-17)25-9-5-14(12-25)18-23-24-19(28-18)16-11-21-7-8-22-16/h1-4,7-8,11,14,17H,5-6,9-10,12H2/t14-,17+/m0/s1. The molecule has 2 atom stereocenters. The van der Waals surface area contributed by atoms with E-state index in [1.54, 1.807) is 18.6 Å². The number of likely N-dealkylation sites (tertiary alicyclic amines) is 1. The van der Waals surface area contributed by atoms with E-state index in [0.717, 1.165) is 18.4 Å². The Morgan fingerprint density at radius 1 is 1.18 bits per heavy atom. The highest BCUT2D eigenvalue weighted by atomic mass is 16.5. The minimum absolute atomic E-state index is 0.00307. The largest absolute Gasteiger partial charge is 0.419 e. The SMILES string of the molecule is O=C([C@@H]1OCCc2ccccc21)N1CC[C@H](c2nnc(-c3cnccn3)o2)C1. The van der Waals surface area contributed by atoms with Gasteiger partial charge >= 0.3 is 0 Å². The Hall–Kier alpha value is -3.13. The maximum absolute atomic E-state index is 13.1. The summed E-state index contributed by atoms with van der Waals surface area (Å²) in [4.78, 5) is 23.1. The zero-order chi connectivity index (χ0) is 18.9. The van der Waals surface area contributed by atoms with Crippen molar-refractivity contribution in [2.45, 2.75) is 24.9 Å². The molecule has 0 spiro atoms. The third-order valence-corrected chi connectivity index (χ3v) is 5.29. The zero-order valence-electron chi connectivity index (χ0n) is 15.2. The number of carbonyl (C=O) groups excluding carboxylic acids is 1. The summed E-state index contributed by atoms with van der Waals surface area (Å²) >= 11 is 0. The molecule has 1 saturated heterocycles.